The lowest BCUT2D eigenvalue weighted by Crippen LogP contribution is -2.25. The van der Waals surface area contributed by atoms with Gasteiger partial charge in [-0.05, 0) is 24.1 Å². The number of ether oxygens (including phenoxy) is 2. The van der Waals surface area contributed by atoms with Crippen molar-refractivity contribution in [3.05, 3.63) is 29.3 Å². The van der Waals surface area contributed by atoms with Gasteiger partial charge in [0, 0.05) is 26.2 Å². The van der Waals surface area contributed by atoms with E-state index in [9.17, 15) is 0 Å². The Balaban J connectivity index is 2.07. The van der Waals surface area contributed by atoms with E-state index in [1.54, 1.807) is 7.11 Å². The van der Waals surface area contributed by atoms with E-state index >= 15 is 0 Å². The van der Waals surface area contributed by atoms with Crippen molar-refractivity contribution in [3.63, 3.8) is 0 Å². The molecule has 0 spiro atoms. The summed E-state index contributed by atoms with van der Waals surface area (Å²) in [6, 6.07) is 7.96. The molecule has 4 nitrogen and oxygen atoms in total. The molecular weight excluding hydrogens is 228 g/mol. The Labute approximate surface area is 108 Å². The molecule has 0 radical (unpaired) electrons. The predicted octanol–water partition coefficient (Wildman–Crippen LogP) is 1.79. The normalized spacial score (nSPS) is 16.9. The second-order valence-corrected chi connectivity index (χ2v) is 4.39. The van der Waals surface area contributed by atoms with Crippen LogP contribution in [0.2, 0.25) is 0 Å². The van der Waals surface area contributed by atoms with Crippen LogP contribution in [0.5, 0.6) is 5.75 Å². The van der Waals surface area contributed by atoms with Gasteiger partial charge in [0.1, 0.15) is 11.8 Å². The zero-order valence-corrected chi connectivity index (χ0v) is 10.7. The van der Waals surface area contributed by atoms with Gasteiger partial charge < -0.3 is 9.47 Å². The van der Waals surface area contributed by atoms with Crippen LogP contribution in [-0.2, 0) is 11.3 Å². The Morgan fingerprint density at radius 2 is 2.28 bits per heavy atom. The SMILES string of the molecule is COc1ccc(CN2CCCOCC2)cc1C#N. The number of methoxy groups -OCH3 is 1. The molecule has 2 rings (SSSR count). The summed E-state index contributed by atoms with van der Waals surface area (Å²) in [5.41, 5.74) is 1.75. The van der Waals surface area contributed by atoms with Gasteiger partial charge in [0.25, 0.3) is 0 Å². The van der Waals surface area contributed by atoms with Crippen molar-refractivity contribution in [1.29, 1.82) is 5.26 Å². The summed E-state index contributed by atoms with van der Waals surface area (Å²) >= 11 is 0. The van der Waals surface area contributed by atoms with Crippen LogP contribution in [0.4, 0.5) is 0 Å². The Bertz CT molecular complexity index is 432. The van der Waals surface area contributed by atoms with Gasteiger partial charge in [-0.2, -0.15) is 5.26 Å². The Kier molecular flexibility index (Phi) is 4.57. The molecule has 0 aliphatic carbocycles. The predicted molar refractivity (Wildman–Crippen MR) is 68.4 cm³/mol. The molecule has 0 unspecified atom stereocenters. The van der Waals surface area contributed by atoms with Crippen molar-refractivity contribution in [2.24, 2.45) is 0 Å². The number of nitrogens with zero attached hydrogens (tertiary/aromatic N) is 2. The number of benzene rings is 1. The summed E-state index contributed by atoms with van der Waals surface area (Å²) < 4.78 is 10.6. The Hall–Kier alpha value is -1.57. The van der Waals surface area contributed by atoms with Crippen LogP contribution < -0.4 is 4.74 Å². The first-order valence-corrected chi connectivity index (χ1v) is 6.20. The average Bonchev–Trinajstić information content (AvgIpc) is 2.67. The second kappa shape index (κ2) is 6.39. The van der Waals surface area contributed by atoms with E-state index in [0.717, 1.165) is 44.8 Å². The molecule has 1 aliphatic rings. The minimum absolute atomic E-state index is 0.598. The molecule has 18 heavy (non-hydrogen) atoms. The molecule has 1 aromatic carbocycles. The van der Waals surface area contributed by atoms with Crippen molar-refractivity contribution in [1.82, 2.24) is 4.90 Å². The molecule has 0 amide bonds. The first-order valence-electron chi connectivity index (χ1n) is 6.20. The van der Waals surface area contributed by atoms with Crippen molar-refractivity contribution in [2.75, 3.05) is 33.4 Å². The molecule has 1 saturated heterocycles. The monoisotopic (exact) mass is 246 g/mol. The number of rotatable bonds is 3. The van der Waals surface area contributed by atoms with Gasteiger partial charge in [0.2, 0.25) is 0 Å². The number of hydrogen-bond donors (Lipinski definition) is 0. The number of hydrogen-bond acceptors (Lipinski definition) is 4. The quantitative estimate of drug-likeness (QED) is 0.815. The van der Waals surface area contributed by atoms with Crippen LogP contribution >= 0.6 is 0 Å². The van der Waals surface area contributed by atoms with Gasteiger partial charge in [-0.15, -0.1) is 0 Å². The highest BCUT2D eigenvalue weighted by molar-refractivity contribution is 5.45. The molecule has 4 heteroatoms. The highest BCUT2D eigenvalue weighted by atomic mass is 16.5. The summed E-state index contributed by atoms with van der Waals surface area (Å²) in [5, 5.41) is 9.06. The van der Waals surface area contributed by atoms with Gasteiger partial charge in [-0.1, -0.05) is 6.07 Å². The van der Waals surface area contributed by atoms with E-state index < -0.39 is 0 Å². The van der Waals surface area contributed by atoms with Gasteiger partial charge in [-0.25, -0.2) is 0 Å². The topological polar surface area (TPSA) is 45.5 Å². The van der Waals surface area contributed by atoms with Crippen LogP contribution in [0.15, 0.2) is 18.2 Å². The fourth-order valence-electron chi connectivity index (χ4n) is 2.15. The fourth-order valence-corrected chi connectivity index (χ4v) is 2.15. The lowest BCUT2D eigenvalue weighted by molar-refractivity contribution is 0.140. The van der Waals surface area contributed by atoms with Crippen LogP contribution in [0, 0.1) is 11.3 Å². The largest absolute Gasteiger partial charge is 0.495 e. The molecule has 1 heterocycles. The molecule has 1 aromatic rings. The average molecular weight is 246 g/mol. The highest BCUT2D eigenvalue weighted by Gasteiger charge is 2.11. The summed E-state index contributed by atoms with van der Waals surface area (Å²) in [6.45, 7) is 4.51. The minimum Gasteiger partial charge on any atom is -0.495 e. The molecular formula is C14H18N2O2. The standard InChI is InChI=1S/C14H18N2O2/c1-17-14-4-3-12(9-13(14)10-15)11-16-5-2-7-18-8-6-16/h3-4,9H,2,5-8,11H2,1H3. The van der Waals surface area contributed by atoms with Crippen LogP contribution in [0.25, 0.3) is 0 Å². The highest BCUT2D eigenvalue weighted by Crippen LogP contribution is 2.20. The lowest BCUT2D eigenvalue weighted by Gasteiger charge is -2.19. The van der Waals surface area contributed by atoms with Crippen molar-refractivity contribution < 1.29 is 9.47 Å². The Morgan fingerprint density at radius 3 is 3.06 bits per heavy atom. The van der Waals surface area contributed by atoms with E-state index in [1.807, 2.05) is 18.2 Å². The molecule has 1 aliphatic heterocycles. The van der Waals surface area contributed by atoms with Gasteiger partial charge in [0.05, 0.1) is 19.3 Å². The second-order valence-electron chi connectivity index (χ2n) is 4.39. The van der Waals surface area contributed by atoms with Gasteiger partial charge in [-0.3, -0.25) is 4.90 Å². The fraction of sp³-hybridized carbons (Fsp3) is 0.500. The Morgan fingerprint density at radius 1 is 1.39 bits per heavy atom. The molecule has 0 bridgehead atoms. The molecule has 0 aromatic heterocycles. The number of nitriles is 1. The maximum atomic E-state index is 9.06. The summed E-state index contributed by atoms with van der Waals surface area (Å²) in [7, 11) is 1.59. The van der Waals surface area contributed by atoms with Crippen LogP contribution in [0.1, 0.15) is 17.5 Å². The smallest absolute Gasteiger partial charge is 0.136 e. The molecule has 0 N–H and O–H groups in total. The first-order chi connectivity index (χ1) is 8.83. The van der Waals surface area contributed by atoms with E-state index in [4.69, 9.17) is 14.7 Å². The summed E-state index contributed by atoms with van der Waals surface area (Å²) in [4.78, 5) is 2.36. The molecule has 0 saturated carbocycles. The van der Waals surface area contributed by atoms with Crippen LogP contribution in [-0.4, -0.2) is 38.3 Å². The van der Waals surface area contributed by atoms with E-state index in [0.29, 0.717) is 11.3 Å². The third-order valence-electron chi connectivity index (χ3n) is 3.11. The van der Waals surface area contributed by atoms with E-state index in [1.165, 1.54) is 0 Å². The van der Waals surface area contributed by atoms with Crippen molar-refractivity contribution >= 4 is 0 Å². The lowest BCUT2D eigenvalue weighted by atomic mass is 10.1. The molecule has 96 valence electrons. The first kappa shape index (κ1) is 12.9. The van der Waals surface area contributed by atoms with Gasteiger partial charge >= 0.3 is 0 Å². The zero-order chi connectivity index (χ0) is 12.8. The van der Waals surface area contributed by atoms with E-state index in [2.05, 4.69) is 11.0 Å². The third-order valence-corrected chi connectivity index (χ3v) is 3.11. The summed E-state index contributed by atoms with van der Waals surface area (Å²) in [5.74, 6) is 0.639. The molecule has 0 atom stereocenters. The molecule has 1 fully saturated rings. The van der Waals surface area contributed by atoms with Crippen LogP contribution in [0.3, 0.4) is 0 Å². The van der Waals surface area contributed by atoms with Crippen molar-refractivity contribution in [3.8, 4) is 11.8 Å². The summed E-state index contributed by atoms with van der Waals surface area (Å²) in [6.07, 6.45) is 1.07. The van der Waals surface area contributed by atoms with Gasteiger partial charge in [0.15, 0.2) is 0 Å². The maximum Gasteiger partial charge on any atom is 0.136 e. The van der Waals surface area contributed by atoms with Crippen molar-refractivity contribution in [2.45, 2.75) is 13.0 Å². The minimum atomic E-state index is 0.598. The maximum absolute atomic E-state index is 9.06. The van der Waals surface area contributed by atoms with E-state index in [-0.39, 0.29) is 0 Å². The zero-order valence-electron chi connectivity index (χ0n) is 10.7. The third kappa shape index (κ3) is 3.22.